The third-order valence-electron chi connectivity index (χ3n) is 1.65. The Morgan fingerprint density at radius 1 is 1.25 bits per heavy atom. The van der Waals surface area contributed by atoms with Gasteiger partial charge in [0.25, 0.3) is 0 Å². The number of aliphatic hydroxyl groups is 1. The van der Waals surface area contributed by atoms with Crippen molar-refractivity contribution in [1.82, 2.24) is 0 Å². The smallest absolute Gasteiger partial charge is 0.0657 e. The highest BCUT2D eigenvalue weighted by atomic mass is 127. The van der Waals surface area contributed by atoms with E-state index in [1.165, 1.54) is 19.3 Å². The molecule has 48 valence electrons. The summed E-state index contributed by atoms with van der Waals surface area (Å²) >= 11 is 2.33. The monoisotopic (exact) mass is 226 g/mol. The molecule has 0 aromatic rings. The maximum atomic E-state index is 9.17. The molecule has 2 atom stereocenters. The molecule has 0 spiro atoms. The van der Waals surface area contributed by atoms with Gasteiger partial charge in [-0.15, -0.1) is 0 Å². The minimum atomic E-state index is -0.00986. The van der Waals surface area contributed by atoms with Gasteiger partial charge in [0.05, 0.1) is 6.10 Å². The average Bonchev–Trinajstić information content (AvgIpc) is 1.77. The first kappa shape index (κ1) is 6.81. The lowest BCUT2D eigenvalue weighted by molar-refractivity contribution is 0.142. The maximum absolute atomic E-state index is 9.17. The van der Waals surface area contributed by atoms with Gasteiger partial charge in [0.2, 0.25) is 0 Å². The van der Waals surface area contributed by atoms with E-state index in [0.717, 1.165) is 6.42 Å². The Hall–Kier alpha value is 0.690. The van der Waals surface area contributed by atoms with Crippen LogP contribution in [0.1, 0.15) is 25.7 Å². The van der Waals surface area contributed by atoms with E-state index in [4.69, 9.17) is 0 Å². The maximum Gasteiger partial charge on any atom is 0.0657 e. The summed E-state index contributed by atoms with van der Waals surface area (Å²) in [5.74, 6) is 0. The molecule has 2 heteroatoms. The van der Waals surface area contributed by atoms with Crippen LogP contribution in [-0.2, 0) is 0 Å². The van der Waals surface area contributed by atoms with E-state index in [9.17, 15) is 5.11 Å². The van der Waals surface area contributed by atoms with Gasteiger partial charge in [-0.05, 0) is 12.8 Å². The van der Waals surface area contributed by atoms with Crippen molar-refractivity contribution in [3.8, 4) is 0 Å². The summed E-state index contributed by atoms with van der Waals surface area (Å²) in [6.07, 6.45) is 4.75. The van der Waals surface area contributed by atoms with E-state index < -0.39 is 0 Å². The Morgan fingerprint density at radius 2 is 1.88 bits per heavy atom. The molecule has 1 unspecified atom stereocenters. The molecule has 0 heterocycles. The molecular formula is C6H11IO. The molecule has 8 heavy (non-hydrogen) atoms. The highest BCUT2D eigenvalue weighted by Gasteiger charge is 2.18. The van der Waals surface area contributed by atoms with Crippen molar-refractivity contribution in [1.29, 1.82) is 0 Å². The normalized spacial score (nSPS) is 39.8. The van der Waals surface area contributed by atoms with Gasteiger partial charge in [-0.3, -0.25) is 0 Å². The van der Waals surface area contributed by atoms with E-state index >= 15 is 0 Å². The van der Waals surface area contributed by atoms with Gasteiger partial charge in [0.15, 0.2) is 0 Å². The third-order valence-corrected chi connectivity index (χ3v) is 3.10. The number of halogens is 1. The van der Waals surface area contributed by atoms with Crippen LogP contribution in [0.2, 0.25) is 0 Å². The minimum absolute atomic E-state index is 0.00986. The van der Waals surface area contributed by atoms with E-state index in [-0.39, 0.29) is 6.10 Å². The number of hydrogen-bond acceptors (Lipinski definition) is 1. The average molecular weight is 226 g/mol. The van der Waals surface area contributed by atoms with Crippen LogP contribution in [0.15, 0.2) is 0 Å². The van der Waals surface area contributed by atoms with Crippen LogP contribution in [0.4, 0.5) is 0 Å². The first-order valence-electron chi connectivity index (χ1n) is 3.13. The zero-order chi connectivity index (χ0) is 5.98. The highest BCUT2D eigenvalue weighted by molar-refractivity contribution is 14.1. The Morgan fingerprint density at radius 3 is 2.25 bits per heavy atom. The lowest BCUT2D eigenvalue weighted by Crippen LogP contribution is -2.23. The number of alkyl halides is 1. The molecule has 0 amide bonds. The Labute approximate surface area is 63.6 Å². The van der Waals surface area contributed by atoms with Crippen molar-refractivity contribution in [3.05, 3.63) is 0 Å². The molecule has 0 saturated heterocycles. The van der Waals surface area contributed by atoms with Crippen LogP contribution in [0.25, 0.3) is 0 Å². The fourth-order valence-electron chi connectivity index (χ4n) is 1.07. The molecule has 1 nitrogen and oxygen atoms in total. The van der Waals surface area contributed by atoms with E-state index in [1.54, 1.807) is 0 Å². The van der Waals surface area contributed by atoms with Crippen LogP contribution in [0, 0.1) is 0 Å². The predicted molar refractivity (Wildman–Crippen MR) is 42.3 cm³/mol. The van der Waals surface area contributed by atoms with Crippen molar-refractivity contribution in [2.75, 3.05) is 0 Å². The van der Waals surface area contributed by atoms with Gasteiger partial charge in [-0.1, -0.05) is 35.4 Å². The summed E-state index contributed by atoms with van der Waals surface area (Å²) < 4.78 is 0.529. The second-order valence-corrected chi connectivity index (χ2v) is 3.97. The summed E-state index contributed by atoms with van der Waals surface area (Å²) in [5.41, 5.74) is 0. The fourth-order valence-corrected chi connectivity index (χ4v) is 1.87. The molecule has 0 aliphatic heterocycles. The Balaban J connectivity index is 2.28. The lowest BCUT2D eigenvalue weighted by Gasteiger charge is -2.21. The molecule has 1 fully saturated rings. The molecule has 0 bridgehead atoms. The summed E-state index contributed by atoms with van der Waals surface area (Å²) in [4.78, 5) is 0. The molecule has 1 rings (SSSR count). The van der Waals surface area contributed by atoms with E-state index in [1.807, 2.05) is 0 Å². The molecule has 1 aliphatic rings. The molecule has 1 N–H and O–H groups in total. The Kier molecular flexibility index (Phi) is 2.56. The minimum Gasteiger partial charge on any atom is -0.392 e. The molecule has 1 saturated carbocycles. The summed E-state index contributed by atoms with van der Waals surface area (Å²) in [6, 6.07) is 0. The second kappa shape index (κ2) is 3.01. The van der Waals surface area contributed by atoms with Gasteiger partial charge in [0, 0.05) is 3.92 Å². The van der Waals surface area contributed by atoms with Crippen LogP contribution in [0.5, 0.6) is 0 Å². The van der Waals surface area contributed by atoms with Crippen LogP contribution in [0.3, 0.4) is 0 Å². The number of hydrogen-bond donors (Lipinski definition) is 1. The quantitative estimate of drug-likeness (QED) is 0.492. The van der Waals surface area contributed by atoms with Gasteiger partial charge in [0.1, 0.15) is 0 Å². The number of rotatable bonds is 0. The van der Waals surface area contributed by atoms with Gasteiger partial charge < -0.3 is 5.11 Å². The fraction of sp³-hybridized carbons (Fsp3) is 1.00. The van der Waals surface area contributed by atoms with Crippen LogP contribution >= 0.6 is 22.6 Å². The van der Waals surface area contributed by atoms with Crippen molar-refractivity contribution < 1.29 is 5.11 Å². The topological polar surface area (TPSA) is 20.2 Å². The Bertz CT molecular complexity index is 64.9. The molecule has 0 aromatic heterocycles. The van der Waals surface area contributed by atoms with E-state index in [0.29, 0.717) is 3.92 Å². The van der Waals surface area contributed by atoms with Gasteiger partial charge in [-0.25, -0.2) is 0 Å². The molecular weight excluding hydrogens is 215 g/mol. The van der Waals surface area contributed by atoms with E-state index in [2.05, 4.69) is 22.6 Å². The first-order valence-corrected chi connectivity index (χ1v) is 4.37. The predicted octanol–water partition coefficient (Wildman–Crippen LogP) is 1.72. The molecule has 0 aromatic carbocycles. The summed E-state index contributed by atoms with van der Waals surface area (Å²) in [7, 11) is 0. The van der Waals surface area contributed by atoms with Crippen molar-refractivity contribution in [2.45, 2.75) is 35.7 Å². The van der Waals surface area contributed by atoms with Crippen molar-refractivity contribution >= 4 is 22.6 Å². The number of aliphatic hydroxyl groups excluding tert-OH is 1. The molecule has 0 radical (unpaired) electrons. The van der Waals surface area contributed by atoms with Crippen molar-refractivity contribution in [3.63, 3.8) is 0 Å². The standard InChI is InChI=1S/C6H11IO/c7-5-3-1-2-4-6(5)8/h5-6,8H,1-4H2/t5?,6-/m0/s1. The zero-order valence-electron chi connectivity index (χ0n) is 4.81. The third kappa shape index (κ3) is 1.58. The summed E-state index contributed by atoms with van der Waals surface area (Å²) in [6.45, 7) is 0. The van der Waals surface area contributed by atoms with Crippen LogP contribution in [-0.4, -0.2) is 15.1 Å². The molecule has 1 aliphatic carbocycles. The lowest BCUT2D eigenvalue weighted by atomic mass is 9.98. The highest BCUT2D eigenvalue weighted by Crippen LogP contribution is 2.24. The SMILES string of the molecule is O[C@H]1CCCCC1I. The second-order valence-electron chi connectivity index (χ2n) is 2.37. The summed E-state index contributed by atoms with van der Waals surface area (Å²) in [5, 5.41) is 9.17. The van der Waals surface area contributed by atoms with Gasteiger partial charge in [-0.2, -0.15) is 0 Å². The van der Waals surface area contributed by atoms with Crippen LogP contribution < -0.4 is 0 Å². The van der Waals surface area contributed by atoms with Gasteiger partial charge >= 0.3 is 0 Å². The first-order chi connectivity index (χ1) is 3.80. The van der Waals surface area contributed by atoms with Crippen molar-refractivity contribution in [2.24, 2.45) is 0 Å². The zero-order valence-corrected chi connectivity index (χ0v) is 6.97. The largest absolute Gasteiger partial charge is 0.392 e.